The lowest BCUT2D eigenvalue weighted by Crippen LogP contribution is -2.39. The maximum Gasteiger partial charge on any atom is 0.165 e. The Kier molecular flexibility index (Phi) is 7.65. The van der Waals surface area contributed by atoms with Crippen molar-refractivity contribution in [3.8, 4) is 34.2 Å². The minimum atomic E-state index is -1.50. The predicted molar refractivity (Wildman–Crippen MR) is 214 cm³/mol. The van der Waals surface area contributed by atoms with E-state index in [0.29, 0.717) is 17.5 Å². The van der Waals surface area contributed by atoms with Gasteiger partial charge in [-0.25, -0.2) is 15.0 Å². The van der Waals surface area contributed by atoms with Crippen molar-refractivity contribution in [3.05, 3.63) is 150 Å². The first-order valence-corrected chi connectivity index (χ1v) is 21.2. The average Bonchev–Trinajstić information content (AvgIpc) is 3.36. The van der Waals surface area contributed by atoms with Gasteiger partial charge in [-0.2, -0.15) is 0 Å². The lowest BCUT2D eigenvalue weighted by molar-refractivity contribution is 0.636. The van der Waals surface area contributed by atoms with Crippen LogP contribution in [-0.2, 0) is 17.3 Å². The highest BCUT2D eigenvalue weighted by Crippen LogP contribution is 2.55. The highest BCUT2D eigenvalue weighted by Gasteiger charge is 2.41. The molecule has 0 unspecified atom stereocenters. The normalized spacial score (nSPS) is 18.3. The van der Waals surface area contributed by atoms with Crippen LogP contribution in [0.4, 0.5) is 0 Å². The van der Waals surface area contributed by atoms with E-state index < -0.39 is 8.07 Å². The molecule has 3 aromatic heterocycles. The summed E-state index contributed by atoms with van der Waals surface area (Å²) in [5.74, 6) is 1.78. The van der Waals surface area contributed by atoms with Crippen LogP contribution in [0.1, 0.15) is 49.9 Å². The summed E-state index contributed by atoms with van der Waals surface area (Å²) >= 11 is 0. The molecule has 5 nitrogen and oxygen atoms in total. The summed E-state index contributed by atoms with van der Waals surface area (Å²) in [6, 6.07) is 26.0. The summed E-state index contributed by atoms with van der Waals surface area (Å²) in [6.07, 6.45) is 12.8. The first kappa shape index (κ1) is 32.8. The number of hydrogen-bond donors (Lipinski definition) is 0. The summed E-state index contributed by atoms with van der Waals surface area (Å²) in [5, 5.41) is 3.77. The van der Waals surface area contributed by atoms with Crippen molar-refractivity contribution in [1.82, 2.24) is 24.9 Å². The summed E-state index contributed by atoms with van der Waals surface area (Å²) in [4.78, 5) is 23.8. The number of benzene rings is 3. The van der Waals surface area contributed by atoms with E-state index in [1.165, 1.54) is 44.0 Å². The number of pyridine rings is 2. The van der Waals surface area contributed by atoms with Gasteiger partial charge in [0.05, 0.1) is 8.07 Å². The van der Waals surface area contributed by atoms with Gasteiger partial charge in [-0.05, 0) is 86.5 Å². The van der Waals surface area contributed by atoms with Crippen LogP contribution in [0.3, 0.4) is 0 Å². The fraction of sp³-hybridized carbons (Fsp3) is 0.222. The van der Waals surface area contributed by atoms with E-state index in [-0.39, 0.29) is 10.8 Å². The molecule has 0 N–H and O–H groups in total. The van der Waals surface area contributed by atoms with E-state index in [0.717, 1.165) is 34.1 Å². The predicted octanol–water partition coefficient (Wildman–Crippen LogP) is 10.1. The fourth-order valence-electron chi connectivity index (χ4n) is 7.76. The summed E-state index contributed by atoms with van der Waals surface area (Å²) in [5.41, 5.74) is 11.1. The minimum Gasteiger partial charge on any atom is -0.264 e. The van der Waals surface area contributed by atoms with Gasteiger partial charge < -0.3 is 0 Å². The Morgan fingerprint density at radius 2 is 1.29 bits per heavy atom. The van der Waals surface area contributed by atoms with Crippen molar-refractivity contribution in [2.75, 3.05) is 0 Å². The highest BCUT2D eigenvalue weighted by atomic mass is 28.3. The van der Waals surface area contributed by atoms with Gasteiger partial charge >= 0.3 is 0 Å². The van der Waals surface area contributed by atoms with E-state index in [2.05, 4.69) is 118 Å². The smallest absolute Gasteiger partial charge is 0.165 e. The van der Waals surface area contributed by atoms with E-state index in [1.54, 1.807) is 24.8 Å². The van der Waals surface area contributed by atoms with Crippen molar-refractivity contribution in [3.63, 3.8) is 0 Å². The quantitative estimate of drug-likeness (QED) is 0.173. The van der Waals surface area contributed by atoms with Crippen LogP contribution < -0.4 is 5.19 Å². The molecule has 0 saturated heterocycles. The van der Waals surface area contributed by atoms with Crippen LogP contribution in [0.15, 0.2) is 127 Å². The summed E-state index contributed by atoms with van der Waals surface area (Å²) in [6.45, 7) is 21.4. The van der Waals surface area contributed by atoms with Crippen LogP contribution in [0.5, 0.6) is 0 Å². The number of rotatable bonds is 4. The second-order valence-corrected chi connectivity index (χ2v) is 21.0. The van der Waals surface area contributed by atoms with Gasteiger partial charge in [0.1, 0.15) is 0 Å². The van der Waals surface area contributed by atoms with Gasteiger partial charge in [0.15, 0.2) is 17.5 Å². The monoisotopic (exact) mass is 681 g/mol. The minimum absolute atomic E-state index is 0.236. The molecule has 6 heteroatoms. The first-order valence-electron chi connectivity index (χ1n) is 17.7. The molecule has 6 aromatic rings. The first-order chi connectivity index (χ1) is 24.3. The maximum atomic E-state index is 5.11. The van der Waals surface area contributed by atoms with Crippen LogP contribution >= 0.6 is 0 Å². The molecular formula is C45H43N5Si. The Morgan fingerprint density at radius 3 is 1.90 bits per heavy atom. The van der Waals surface area contributed by atoms with E-state index in [1.807, 2.05) is 24.3 Å². The third kappa shape index (κ3) is 5.49. The molecule has 51 heavy (non-hydrogen) atoms. The lowest BCUT2D eigenvalue weighted by atomic mass is 9.75. The molecule has 0 amide bonds. The number of aromatic nitrogens is 5. The summed E-state index contributed by atoms with van der Waals surface area (Å²) in [7, 11) is -1.50. The van der Waals surface area contributed by atoms with Crippen LogP contribution in [0.2, 0.25) is 19.6 Å². The number of allylic oxidation sites excluding steroid dienone is 5. The molecule has 3 aromatic carbocycles. The zero-order valence-corrected chi connectivity index (χ0v) is 31.5. The Morgan fingerprint density at radius 1 is 0.667 bits per heavy atom. The van der Waals surface area contributed by atoms with Gasteiger partial charge in [0.2, 0.25) is 0 Å². The zero-order chi connectivity index (χ0) is 35.7. The van der Waals surface area contributed by atoms with Crippen molar-refractivity contribution < 1.29 is 0 Å². The van der Waals surface area contributed by atoms with Crippen molar-refractivity contribution >= 4 is 29.6 Å². The zero-order valence-electron chi connectivity index (χ0n) is 30.5. The van der Waals surface area contributed by atoms with E-state index in [4.69, 9.17) is 21.5 Å². The molecular weight excluding hydrogens is 639 g/mol. The molecule has 0 saturated carbocycles. The maximum absolute atomic E-state index is 5.11. The molecule has 8 rings (SSSR count). The van der Waals surface area contributed by atoms with Crippen LogP contribution in [-0.4, -0.2) is 33.0 Å². The van der Waals surface area contributed by atoms with Gasteiger partial charge in [-0.15, -0.1) is 0 Å². The molecule has 252 valence electrons. The molecule has 3 heterocycles. The number of hydrogen-bond acceptors (Lipinski definition) is 5. The molecule has 0 spiro atoms. The van der Waals surface area contributed by atoms with Crippen LogP contribution in [0, 0.1) is 0 Å². The van der Waals surface area contributed by atoms with Gasteiger partial charge in [0.25, 0.3) is 0 Å². The van der Waals surface area contributed by atoms with Gasteiger partial charge in [-0.3, -0.25) is 9.97 Å². The summed E-state index contributed by atoms with van der Waals surface area (Å²) < 4.78 is 0. The van der Waals surface area contributed by atoms with Gasteiger partial charge in [-0.1, -0.05) is 114 Å². The van der Waals surface area contributed by atoms with E-state index in [9.17, 15) is 0 Å². The fourth-order valence-corrected chi connectivity index (χ4v) is 8.92. The molecule has 2 aliphatic carbocycles. The standard InChI is InChI=1S/C45H43N5Si/c1-28-23-36-37(20-18-29-17-19-32(51(6,7)8)24-38(29)44(28,2)3)45(4,5)39-25-35(33-15-9-10-16-34(33)40(36)39)43-49-41(30-13-11-21-46-26-30)48-42(50-43)31-14-12-22-47-27-31/h9-17,19-27H,1,18H2,2-8H3/b36-23+,37-20+. The Labute approximate surface area is 302 Å². The van der Waals surface area contributed by atoms with Crippen LogP contribution in [0.25, 0.3) is 50.5 Å². The Hall–Kier alpha value is -5.33. The molecule has 0 fully saturated rings. The number of fused-ring (bicyclic) bond motifs is 6. The third-order valence-corrected chi connectivity index (χ3v) is 13.0. The second kappa shape index (κ2) is 11.9. The van der Waals surface area contributed by atoms with Gasteiger partial charge in [0, 0.05) is 52.3 Å². The molecule has 0 aliphatic heterocycles. The lowest BCUT2D eigenvalue weighted by Gasteiger charge is -2.31. The molecule has 0 atom stereocenters. The SMILES string of the molecule is C=C1/C=C2\C(=C/Cc3ccc([Si](C)(C)C)cc3C1(C)C)C(C)(C)c1cc(-c3nc(-c4cccnc4)nc(-c4cccnc4)n3)c3ccccc3c12. The van der Waals surface area contributed by atoms with Crippen molar-refractivity contribution in [2.24, 2.45) is 0 Å². The third-order valence-electron chi connectivity index (χ3n) is 11.0. The number of nitrogens with zero attached hydrogens (tertiary/aromatic N) is 5. The second-order valence-electron chi connectivity index (χ2n) is 16.0. The molecule has 0 radical (unpaired) electrons. The van der Waals surface area contributed by atoms with E-state index >= 15 is 0 Å². The van der Waals surface area contributed by atoms with Crippen molar-refractivity contribution in [1.29, 1.82) is 0 Å². The topological polar surface area (TPSA) is 64.5 Å². The largest absolute Gasteiger partial charge is 0.264 e. The van der Waals surface area contributed by atoms with Crippen molar-refractivity contribution in [2.45, 2.75) is 64.6 Å². The Balaban J connectivity index is 1.37. The highest BCUT2D eigenvalue weighted by molar-refractivity contribution is 6.88. The molecule has 0 bridgehead atoms. The molecule has 2 aliphatic rings. The average molecular weight is 682 g/mol. The Bertz CT molecular complexity index is 2380.